The van der Waals surface area contributed by atoms with E-state index in [1.807, 2.05) is 6.07 Å². The summed E-state index contributed by atoms with van der Waals surface area (Å²) in [6.07, 6.45) is 0.413. The van der Waals surface area contributed by atoms with Gasteiger partial charge in [-0.25, -0.2) is 0 Å². The van der Waals surface area contributed by atoms with Gasteiger partial charge in [0.25, 0.3) is 0 Å². The topological polar surface area (TPSA) is 84.9 Å². The number of nitrogens with one attached hydrogen (secondary N) is 1. The summed E-state index contributed by atoms with van der Waals surface area (Å²) in [5.41, 5.74) is 0.834. The highest BCUT2D eigenvalue weighted by molar-refractivity contribution is 9.10. The molecule has 0 saturated heterocycles. The molecule has 0 aromatic heterocycles. The van der Waals surface area contributed by atoms with Gasteiger partial charge in [-0.15, -0.1) is 0 Å². The SMILES string of the molecule is COc1cc(CNC(=O)[C@@H]2C[C@H]2C(=O)O)cc(Br)c1OC. The quantitative estimate of drug-likeness (QED) is 0.810. The summed E-state index contributed by atoms with van der Waals surface area (Å²) in [6.45, 7) is 0.306. The third kappa shape index (κ3) is 3.47. The lowest BCUT2D eigenvalue weighted by atomic mass is 10.2. The van der Waals surface area contributed by atoms with E-state index in [9.17, 15) is 9.59 Å². The predicted molar refractivity (Wildman–Crippen MR) is 78.3 cm³/mol. The van der Waals surface area contributed by atoms with Gasteiger partial charge in [0.05, 0.1) is 30.5 Å². The Balaban J connectivity index is 1.99. The molecule has 2 atom stereocenters. The summed E-state index contributed by atoms with van der Waals surface area (Å²) in [5, 5.41) is 11.5. The van der Waals surface area contributed by atoms with Gasteiger partial charge in [-0.05, 0) is 40.0 Å². The number of hydrogen-bond donors (Lipinski definition) is 2. The highest BCUT2D eigenvalue weighted by atomic mass is 79.9. The van der Waals surface area contributed by atoms with Crippen LogP contribution in [0, 0.1) is 11.8 Å². The average Bonchev–Trinajstić information content (AvgIpc) is 3.24. The highest BCUT2D eigenvalue weighted by Gasteiger charge is 2.48. The Bertz CT molecular complexity index is 575. The third-order valence-corrected chi connectivity index (χ3v) is 3.99. The Hall–Kier alpha value is -1.76. The minimum atomic E-state index is -0.913. The van der Waals surface area contributed by atoms with Crippen LogP contribution in [-0.4, -0.2) is 31.2 Å². The number of methoxy groups -OCH3 is 2. The molecule has 2 rings (SSSR count). The van der Waals surface area contributed by atoms with Gasteiger partial charge in [0.2, 0.25) is 5.91 Å². The minimum absolute atomic E-state index is 0.228. The van der Waals surface area contributed by atoms with Crippen molar-refractivity contribution in [2.75, 3.05) is 14.2 Å². The number of ether oxygens (including phenoxy) is 2. The molecule has 0 spiro atoms. The van der Waals surface area contributed by atoms with Crippen LogP contribution in [0.15, 0.2) is 16.6 Å². The first-order chi connectivity index (χ1) is 9.97. The van der Waals surface area contributed by atoms with Crippen LogP contribution in [-0.2, 0) is 16.1 Å². The number of carbonyl (C=O) groups excluding carboxylic acids is 1. The van der Waals surface area contributed by atoms with Crippen LogP contribution < -0.4 is 14.8 Å². The molecule has 0 heterocycles. The fourth-order valence-corrected chi connectivity index (χ4v) is 2.80. The van der Waals surface area contributed by atoms with Gasteiger partial charge in [0.1, 0.15) is 0 Å². The summed E-state index contributed by atoms with van der Waals surface area (Å²) < 4.78 is 11.2. The van der Waals surface area contributed by atoms with Gasteiger partial charge in [-0.1, -0.05) is 0 Å². The zero-order valence-corrected chi connectivity index (χ0v) is 13.3. The monoisotopic (exact) mass is 357 g/mol. The van der Waals surface area contributed by atoms with E-state index in [2.05, 4.69) is 21.2 Å². The number of carbonyl (C=O) groups is 2. The molecule has 1 aromatic carbocycles. The standard InChI is InChI=1S/C14H16BrNO5/c1-20-11-4-7(3-10(15)12(11)21-2)6-16-13(17)8-5-9(8)14(18)19/h3-4,8-9H,5-6H2,1-2H3,(H,16,17)(H,18,19)/t8-,9-/m1/s1. The van der Waals surface area contributed by atoms with Gasteiger partial charge in [0, 0.05) is 6.54 Å². The van der Waals surface area contributed by atoms with Gasteiger partial charge in [-0.3, -0.25) is 9.59 Å². The van der Waals surface area contributed by atoms with Gasteiger partial charge in [-0.2, -0.15) is 0 Å². The van der Waals surface area contributed by atoms with Crippen LogP contribution in [0.5, 0.6) is 11.5 Å². The molecule has 6 nitrogen and oxygen atoms in total. The molecular weight excluding hydrogens is 342 g/mol. The van der Waals surface area contributed by atoms with Crippen molar-refractivity contribution in [3.63, 3.8) is 0 Å². The molecule has 0 aliphatic heterocycles. The van der Waals surface area contributed by atoms with Gasteiger partial charge < -0.3 is 19.9 Å². The van der Waals surface area contributed by atoms with E-state index in [1.54, 1.807) is 13.2 Å². The van der Waals surface area contributed by atoms with Crippen molar-refractivity contribution in [1.29, 1.82) is 0 Å². The van der Waals surface area contributed by atoms with Crippen LogP contribution in [0.25, 0.3) is 0 Å². The van der Waals surface area contributed by atoms with Gasteiger partial charge in [0.15, 0.2) is 11.5 Å². The first kappa shape index (κ1) is 15.6. The van der Waals surface area contributed by atoms with E-state index in [0.29, 0.717) is 24.5 Å². The molecule has 1 saturated carbocycles. The maximum absolute atomic E-state index is 11.8. The van der Waals surface area contributed by atoms with Crippen LogP contribution in [0.1, 0.15) is 12.0 Å². The summed E-state index contributed by atoms with van der Waals surface area (Å²) in [6, 6.07) is 3.59. The lowest BCUT2D eigenvalue weighted by Gasteiger charge is -2.12. The summed E-state index contributed by atoms with van der Waals surface area (Å²) in [5.74, 6) is -0.947. The molecule has 0 radical (unpaired) electrons. The fourth-order valence-electron chi connectivity index (χ4n) is 2.15. The Labute approximate surface area is 130 Å². The molecule has 7 heteroatoms. The predicted octanol–water partition coefficient (Wildman–Crippen LogP) is 1.80. The molecule has 1 aliphatic rings. The van der Waals surface area contributed by atoms with Crippen molar-refractivity contribution >= 4 is 27.8 Å². The second kappa shape index (κ2) is 6.34. The van der Waals surface area contributed by atoms with Crippen molar-refractivity contribution in [1.82, 2.24) is 5.32 Å². The number of hydrogen-bond acceptors (Lipinski definition) is 4. The van der Waals surface area contributed by atoms with Crippen molar-refractivity contribution in [2.45, 2.75) is 13.0 Å². The Morgan fingerprint density at radius 1 is 1.33 bits per heavy atom. The van der Waals surface area contributed by atoms with Gasteiger partial charge >= 0.3 is 5.97 Å². The molecule has 1 aliphatic carbocycles. The van der Waals surface area contributed by atoms with Crippen molar-refractivity contribution in [3.8, 4) is 11.5 Å². The maximum Gasteiger partial charge on any atom is 0.307 e. The molecular formula is C14H16BrNO5. The number of aliphatic carboxylic acids is 1. The highest BCUT2D eigenvalue weighted by Crippen LogP contribution is 2.39. The molecule has 1 aromatic rings. The van der Waals surface area contributed by atoms with E-state index >= 15 is 0 Å². The Morgan fingerprint density at radius 3 is 2.57 bits per heavy atom. The lowest BCUT2D eigenvalue weighted by molar-refractivity contribution is -0.140. The van der Waals surface area contributed by atoms with Crippen LogP contribution in [0.2, 0.25) is 0 Å². The number of amides is 1. The van der Waals surface area contributed by atoms with Crippen molar-refractivity contribution in [3.05, 3.63) is 22.2 Å². The number of carboxylic acid groups (broad SMARTS) is 1. The Morgan fingerprint density at radius 2 is 2.05 bits per heavy atom. The number of benzene rings is 1. The van der Waals surface area contributed by atoms with E-state index in [0.717, 1.165) is 10.0 Å². The second-order valence-corrected chi connectivity index (χ2v) is 5.67. The summed E-state index contributed by atoms with van der Waals surface area (Å²) in [7, 11) is 3.08. The normalized spacial score (nSPS) is 19.8. The molecule has 2 N–H and O–H groups in total. The third-order valence-electron chi connectivity index (χ3n) is 3.40. The van der Waals surface area contributed by atoms with Crippen LogP contribution in [0.4, 0.5) is 0 Å². The number of rotatable bonds is 6. The maximum atomic E-state index is 11.8. The van der Waals surface area contributed by atoms with Crippen molar-refractivity contribution < 1.29 is 24.2 Å². The molecule has 1 fully saturated rings. The summed E-state index contributed by atoms with van der Waals surface area (Å²) >= 11 is 3.38. The average molecular weight is 358 g/mol. The largest absolute Gasteiger partial charge is 0.493 e. The van der Waals surface area contributed by atoms with Crippen LogP contribution in [0.3, 0.4) is 0 Å². The minimum Gasteiger partial charge on any atom is -0.493 e. The fraction of sp³-hybridized carbons (Fsp3) is 0.429. The zero-order valence-electron chi connectivity index (χ0n) is 11.7. The molecule has 114 valence electrons. The lowest BCUT2D eigenvalue weighted by Crippen LogP contribution is -2.25. The number of carboxylic acids is 1. The summed E-state index contributed by atoms with van der Waals surface area (Å²) in [4.78, 5) is 22.5. The van der Waals surface area contributed by atoms with E-state index in [-0.39, 0.29) is 5.91 Å². The molecule has 0 unspecified atom stereocenters. The smallest absolute Gasteiger partial charge is 0.307 e. The number of halogens is 1. The Kier molecular flexibility index (Phi) is 4.72. The molecule has 0 bridgehead atoms. The van der Waals surface area contributed by atoms with Crippen molar-refractivity contribution in [2.24, 2.45) is 11.8 Å². The van der Waals surface area contributed by atoms with E-state index in [4.69, 9.17) is 14.6 Å². The van der Waals surface area contributed by atoms with Crippen LogP contribution >= 0.6 is 15.9 Å². The second-order valence-electron chi connectivity index (χ2n) is 4.82. The zero-order chi connectivity index (χ0) is 15.6. The van der Waals surface area contributed by atoms with E-state index in [1.165, 1.54) is 7.11 Å². The van der Waals surface area contributed by atoms with E-state index < -0.39 is 17.8 Å². The first-order valence-corrected chi connectivity index (χ1v) is 7.18. The first-order valence-electron chi connectivity index (χ1n) is 6.38. The molecule has 21 heavy (non-hydrogen) atoms. The molecule has 1 amide bonds.